The summed E-state index contributed by atoms with van der Waals surface area (Å²) in [6, 6.07) is 17.3. The van der Waals surface area contributed by atoms with E-state index in [4.69, 9.17) is 0 Å². The van der Waals surface area contributed by atoms with Crippen molar-refractivity contribution in [2.45, 2.75) is 56.5 Å². The van der Waals surface area contributed by atoms with Crippen molar-refractivity contribution in [1.82, 2.24) is 4.90 Å². The third kappa shape index (κ3) is 3.24. The third-order valence-corrected chi connectivity index (χ3v) is 7.12. The van der Waals surface area contributed by atoms with E-state index in [1.54, 1.807) is 4.90 Å². The van der Waals surface area contributed by atoms with E-state index in [0.717, 1.165) is 55.3 Å². The number of piperidine rings is 1. The van der Waals surface area contributed by atoms with Crippen LogP contribution in [0.2, 0.25) is 0 Å². The number of hydrogen-bond acceptors (Lipinski definition) is 2. The average molecular weight is 401 g/mol. The second kappa shape index (κ2) is 7.75. The number of hydrogen-bond donors (Lipinski definition) is 0. The lowest BCUT2D eigenvalue weighted by atomic mass is 9.84. The molecule has 0 radical (unpaired) electrons. The lowest BCUT2D eigenvalue weighted by Gasteiger charge is -2.39. The monoisotopic (exact) mass is 400 g/mol. The molecule has 4 nitrogen and oxygen atoms in total. The van der Waals surface area contributed by atoms with E-state index in [-0.39, 0.29) is 11.8 Å². The van der Waals surface area contributed by atoms with Crippen LogP contribution in [0.5, 0.6) is 0 Å². The Morgan fingerprint density at radius 1 is 1.00 bits per heavy atom. The van der Waals surface area contributed by atoms with Gasteiger partial charge in [0.2, 0.25) is 5.91 Å². The van der Waals surface area contributed by atoms with Gasteiger partial charge in [0.15, 0.2) is 0 Å². The summed E-state index contributed by atoms with van der Waals surface area (Å²) in [5.41, 5.74) is 4.18. The molecule has 3 atom stereocenters. The Kier molecular flexibility index (Phi) is 4.93. The van der Waals surface area contributed by atoms with E-state index in [9.17, 15) is 9.59 Å². The fourth-order valence-electron chi connectivity index (χ4n) is 5.72. The molecule has 2 bridgehead atoms. The molecule has 4 heteroatoms. The molecule has 2 amide bonds. The van der Waals surface area contributed by atoms with Gasteiger partial charge < -0.3 is 9.80 Å². The van der Waals surface area contributed by atoms with Crippen molar-refractivity contribution in [3.05, 3.63) is 77.9 Å². The number of nitrogens with zero attached hydrogens (tertiary/aromatic N) is 2. The zero-order chi connectivity index (χ0) is 20.7. The molecule has 0 aliphatic carbocycles. The van der Waals surface area contributed by atoms with Crippen molar-refractivity contribution >= 4 is 17.5 Å². The third-order valence-electron chi connectivity index (χ3n) is 7.12. The zero-order valence-corrected chi connectivity index (χ0v) is 17.3. The van der Waals surface area contributed by atoms with E-state index in [2.05, 4.69) is 41.8 Å². The SMILES string of the molecule is C=CC(=O)N1CCCc2cc(C(=O)N3[C@@H]4CC[C@H]3CC(c3ccccc3)C4)ccc21. The molecule has 2 saturated heterocycles. The number of benzene rings is 2. The molecular formula is C26H28N2O2. The Balaban J connectivity index is 1.37. The van der Waals surface area contributed by atoms with Gasteiger partial charge in [0.1, 0.15) is 0 Å². The highest BCUT2D eigenvalue weighted by Gasteiger charge is 2.43. The van der Waals surface area contributed by atoms with Crippen LogP contribution in [0.25, 0.3) is 0 Å². The highest BCUT2D eigenvalue weighted by molar-refractivity contribution is 6.03. The largest absolute Gasteiger partial charge is 0.333 e. The molecule has 2 fully saturated rings. The van der Waals surface area contributed by atoms with Gasteiger partial charge in [0.25, 0.3) is 5.91 Å². The predicted molar refractivity (Wildman–Crippen MR) is 119 cm³/mol. The van der Waals surface area contributed by atoms with Gasteiger partial charge in [-0.2, -0.15) is 0 Å². The van der Waals surface area contributed by atoms with E-state index < -0.39 is 0 Å². The Labute approximate surface area is 178 Å². The molecule has 2 aromatic carbocycles. The first kappa shape index (κ1) is 19.1. The van der Waals surface area contributed by atoms with Crippen LogP contribution in [0.1, 0.15) is 59.5 Å². The Hall–Kier alpha value is -2.88. The minimum Gasteiger partial charge on any atom is -0.333 e. The first-order chi connectivity index (χ1) is 14.7. The standard InChI is InChI=1S/C26H28N2O2/c1-2-25(29)27-14-6-9-19-15-20(10-13-24(19)27)26(30)28-22-11-12-23(28)17-21(16-22)18-7-4-3-5-8-18/h2-5,7-8,10,13,15,21-23H,1,6,9,11-12,14,16-17H2/t21?,22-,23+. The smallest absolute Gasteiger partial charge is 0.254 e. The average Bonchev–Trinajstić information content (AvgIpc) is 3.06. The van der Waals surface area contributed by atoms with E-state index in [0.29, 0.717) is 24.5 Å². The van der Waals surface area contributed by atoms with E-state index >= 15 is 0 Å². The Morgan fingerprint density at radius 2 is 1.73 bits per heavy atom. The molecule has 0 spiro atoms. The number of aryl methyl sites for hydroxylation is 1. The van der Waals surface area contributed by atoms with Crippen LogP contribution in [0, 0.1) is 0 Å². The Bertz CT molecular complexity index is 970. The van der Waals surface area contributed by atoms with Crippen LogP contribution >= 0.6 is 0 Å². The van der Waals surface area contributed by atoms with E-state index in [1.807, 2.05) is 18.2 Å². The highest BCUT2D eigenvalue weighted by Crippen LogP contribution is 2.44. The lowest BCUT2D eigenvalue weighted by molar-refractivity contribution is -0.114. The predicted octanol–water partition coefficient (Wildman–Crippen LogP) is 4.70. The molecule has 5 rings (SSSR count). The number of amides is 2. The van der Waals surface area contributed by atoms with Gasteiger partial charge in [-0.05, 0) is 79.8 Å². The van der Waals surface area contributed by atoms with Crippen molar-refractivity contribution in [3.8, 4) is 0 Å². The summed E-state index contributed by atoms with van der Waals surface area (Å²) in [6.07, 6.45) is 7.50. The van der Waals surface area contributed by atoms with Crippen LogP contribution in [0.3, 0.4) is 0 Å². The van der Waals surface area contributed by atoms with Crippen molar-refractivity contribution < 1.29 is 9.59 Å². The van der Waals surface area contributed by atoms with Crippen LogP contribution in [-0.2, 0) is 11.2 Å². The van der Waals surface area contributed by atoms with Gasteiger partial charge in [-0.15, -0.1) is 0 Å². The molecule has 3 aliphatic rings. The number of carbonyl (C=O) groups is 2. The number of rotatable bonds is 3. The molecule has 3 aliphatic heterocycles. The quantitative estimate of drug-likeness (QED) is 0.701. The summed E-state index contributed by atoms with van der Waals surface area (Å²) in [7, 11) is 0. The van der Waals surface area contributed by atoms with Crippen LogP contribution in [0.15, 0.2) is 61.2 Å². The second-order valence-electron chi connectivity index (χ2n) is 8.82. The first-order valence-electron chi connectivity index (χ1n) is 11.1. The maximum atomic E-state index is 13.5. The van der Waals surface area contributed by atoms with Crippen LogP contribution < -0.4 is 4.90 Å². The summed E-state index contributed by atoms with van der Waals surface area (Å²) in [5.74, 6) is 0.634. The molecule has 154 valence electrons. The molecule has 0 aromatic heterocycles. The molecular weight excluding hydrogens is 372 g/mol. The molecule has 0 N–H and O–H groups in total. The zero-order valence-electron chi connectivity index (χ0n) is 17.3. The van der Waals surface area contributed by atoms with Crippen molar-refractivity contribution in [2.24, 2.45) is 0 Å². The Morgan fingerprint density at radius 3 is 2.43 bits per heavy atom. The van der Waals surface area contributed by atoms with Crippen LogP contribution in [-0.4, -0.2) is 35.3 Å². The van der Waals surface area contributed by atoms with Crippen molar-refractivity contribution in [2.75, 3.05) is 11.4 Å². The molecule has 3 heterocycles. The van der Waals surface area contributed by atoms with Gasteiger partial charge in [-0.25, -0.2) is 0 Å². The summed E-state index contributed by atoms with van der Waals surface area (Å²) in [6.45, 7) is 4.33. The first-order valence-corrected chi connectivity index (χ1v) is 11.1. The number of fused-ring (bicyclic) bond motifs is 3. The summed E-state index contributed by atoms with van der Waals surface area (Å²) >= 11 is 0. The molecule has 0 saturated carbocycles. The fourth-order valence-corrected chi connectivity index (χ4v) is 5.72. The number of anilines is 1. The summed E-state index contributed by atoms with van der Waals surface area (Å²) in [5, 5.41) is 0. The molecule has 2 aromatic rings. The molecule has 30 heavy (non-hydrogen) atoms. The van der Waals surface area contributed by atoms with Gasteiger partial charge in [0.05, 0.1) is 0 Å². The van der Waals surface area contributed by atoms with Gasteiger partial charge in [0, 0.05) is 29.9 Å². The maximum Gasteiger partial charge on any atom is 0.254 e. The van der Waals surface area contributed by atoms with Crippen molar-refractivity contribution in [3.63, 3.8) is 0 Å². The van der Waals surface area contributed by atoms with Crippen molar-refractivity contribution in [1.29, 1.82) is 0 Å². The number of carbonyl (C=O) groups excluding carboxylic acids is 2. The normalized spacial score (nSPS) is 25.0. The molecule has 1 unspecified atom stereocenters. The minimum absolute atomic E-state index is 0.0731. The topological polar surface area (TPSA) is 40.6 Å². The lowest BCUT2D eigenvalue weighted by Crippen LogP contribution is -2.46. The van der Waals surface area contributed by atoms with Gasteiger partial charge in [-0.3, -0.25) is 9.59 Å². The minimum atomic E-state index is -0.0731. The van der Waals surface area contributed by atoms with Crippen LogP contribution in [0.4, 0.5) is 5.69 Å². The van der Waals surface area contributed by atoms with E-state index in [1.165, 1.54) is 11.6 Å². The fraction of sp³-hybridized carbons (Fsp3) is 0.385. The van der Waals surface area contributed by atoms with Gasteiger partial charge >= 0.3 is 0 Å². The summed E-state index contributed by atoms with van der Waals surface area (Å²) in [4.78, 5) is 29.6. The summed E-state index contributed by atoms with van der Waals surface area (Å²) < 4.78 is 0. The van der Waals surface area contributed by atoms with Gasteiger partial charge in [-0.1, -0.05) is 36.9 Å². The highest BCUT2D eigenvalue weighted by atomic mass is 16.2. The second-order valence-corrected chi connectivity index (χ2v) is 8.82. The maximum absolute atomic E-state index is 13.5.